The van der Waals surface area contributed by atoms with Crippen molar-refractivity contribution < 1.29 is 8.42 Å². The topological polar surface area (TPSA) is 63.4 Å². The van der Waals surface area contributed by atoms with Crippen molar-refractivity contribution in [3.8, 4) is 0 Å². The molecule has 21 heavy (non-hydrogen) atoms. The molecule has 1 aromatic rings. The molecular formula is C14H20Br2N2O2S. The number of halogens is 2. The number of hydrogen-bond acceptors (Lipinski definition) is 3. The average Bonchev–Trinajstić information content (AvgIpc) is 2.75. The quantitative estimate of drug-likeness (QED) is 0.711. The van der Waals surface area contributed by atoms with E-state index in [9.17, 15) is 8.42 Å². The van der Waals surface area contributed by atoms with E-state index < -0.39 is 10.0 Å². The first-order valence-electron chi connectivity index (χ1n) is 6.78. The molecule has 1 aromatic carbocycles. The number of rotatable bonds is 2. The third kappa shape index (κ3) is 3.46. The molecule has 1 unspecified atom stereocenters. The van der Waals surface area contributed by atoms with Gasteiger partial charge in [0.25, 0.3) is 0 Å². The molecule has 118 valence electrons. The summed E-state index contributed by atoms with van der Waals surface area (Å²) in [5.74, 6) is 0.364. The lowest BCUT2D eigenvalue weighted by molar-refractivity contribution is 0.252. The summed E-state index contributed by atoms with van der Waals surface area (Å²) in [5.41, 5.74) is 6.29. The minimum atomic E-state index is -3.57. The second kappa shape index (κ2) is 5.83. The molecule has 1 aliphatic rings. The highest BCUT2D eigenvalue weighted by molar-refractivity contribution is 9.11. The largest absolute Gasteiger partial charge is 0.398 e. The lowest BCUT2D eigenvalue weighted by atomic mass is 9.80. The van der Waals surface area contributed by atoms with Gasteiger partial charge in [-0.3, -0.25) is 0 Å². The SMILES string of the molecule is CC(C)(C)C1CCN(S(=O)(=O)c2c(N)cc(Br)cc2Br)C1. The summed E-state index contributed by atoms with van der Waals surface area (Å²) in [7, 11) is -3.57. The molecule has 2 rings (SSSR count). The van der Waals surface area contributed by atoms with Crippen LogP contribution < -0.4 is 5.73 Å². The lowest BCUT2D eigenvalue weighted by Crippen LogP contribution is -2.32. The molecule has 0 radical (unpaired) electrons. The fourth-order valence-corrected chi connectivity index (χ4v) is 6.15. The first kappa shape index (κ1) is 17.2. The maximum atomic E-state index is 12.9. The normalized spacial score (nSPS) is 20.9. The van der Waals surface area contributed by atoms with Crippen LogP contribution in [0.2, 0.25) is 0 Å². The molecule has 0 spiro atoms. The Morgan fingerprint density at radius 2 is 1.90 bits per heavy atom. The number of nitrogens with zero attached hydrogens (tertiary/aromatic N) is 1. The Balaban J connectivity index is 2.37. The molecule has 0 bridgehead atoms. The van der Waals surface area contributed by atoms with Crippen LogP contribution in [0.25, 0.3) is 0 Å². The molecule has 7 heteroatoms. The van der Waals surface area contributed by atoms with Gasteiger partial charge in [-0.1, -0.05) is 36.7 Å². The molecule has 4 nitrogen and oxygen atoms in total. The van der Waals surface area contributed by atoms with Gasteiger partial charge in [-0.25, -0.2) is 8.42 Å². The van der Waals surface area contributed by atoms with Crippen molar-refractivity contribution in [1.29, 1.82) is 0 Å². The van der Waals surface area contributed by atoms with Crippen LogP contribution in [0, 0.1) is 11.3 Å². The molecule has 0 saturated carbocycles. The summed E-state index contributed by atoms with van der Waals surface area (Å²) in [6.45, 7) is 7.55. The first-order valence-corrected chi connectivity index (χ1v) is 9.81. The molecule has 0 aliphatic carbocycles. The highest BCUT2D eigenvalue weighted by Crippen LogP contribution is 2.39. The van der Waals surface area contributed by atoms with Crippen LogP contribution in [0.15, 0.2) is 26.0 Å². The fourth-order valence-electron chi connectivity index (χ4n) is 2.63. The maximum Gasteiger partial charge on any atom is 0.246 e. The first-order chi connectivity index (χ1) is 9.53. The summed E-state index contributed by atoms with van der Waals surface area (Å²) >= 11 is 6.63. The zero-order valence-electron chi connectivity index (χ0n) is 12.4. The summed E-state index contributed by atoms with van der Waals surface area (Å²) in [6.07, 6.45) is 0.886. The van der Waals surface area contributed by atoms with E-state index in [4.69, 9.17) is 5.73 Å². The van der Waals surface area contributed by atoms with Gasteiger partial charge in [0.15, 0.2) is 0 Å². The van der Waals surface area contributed by atoms with E-state index in [0.717, 1.165) is 10.9 Å². The van der Waals surface area contributed by atoms with E-state index in [2.05, 4.69) is 52.6 Å². The van der Waals surface area contributed by atoms with E-state index in [-0.39, 0.29) is 16.0 Å². The Kier molecular flexibility index (Phi) is 4.79. The number of benzene rings is 1. The smallest absolute Gasteiger partial charge is 0.246 e. The maximum absolute atomic E-state index is 12.9. The third-order valence-corrected chi connectivity index (χ3v) is 7.34. The van der Waals surface area contributed by atoms with Gasteiger partial charge in [0, 0.05) is 22.0 Å². The van der Waals surface area contributed by atoms with Gasteiger partial charge in [0.2, 0.25) is 10.0 Å². The van der Waals surface area contributed by atoms with Gasteiger partial charge < -0.3 is 5.73 Å². The van der Waals surface area contributed by atoms with Gasteiger partial charge in [-0.05, 0) is 45.8 Å². The van der Waals surface area contributed by atoms with E-state index in [0.29, 0.717) is 23.5 Å². The molecule has 0 amide bonds. The van der Waals surface area contributed by atoms with Crippen molar-refractivity contribution in [2.75, 3.05) is 18.8 Å². The molecule has 1 heterocycles. The molecule has 0 aromatic heterocycles. The van der Waals surface area contributed by atoms with Crippen molar-refractivity contribution in [3.05, 3.63) is 21.1 Å². The minimum absolute atomic E-state index is 0.104. The molecule has 2 N–H and O–H groups in total. The zero-order chi connectivity index (χ0) is 16.0. The Bertz CT molecular complexity index is 630. The highest BCUT2D eigenvalue weighted by Gasteiger charge is 2.39. The highest BCUT2D eigenvalue weighted by atomic mass is 79.9. The van der Waals surface area contributed by atoms with E-state index in [1.165, 1.54) is 0 Å². The van der Waals surface area contributed by atoms with Crippen LogP contribution >= 0.6 is 31.9 Å². The molecule has 1 aliphatic heterocycles. The third-order valence-electron chi connectivity index (χ3n) is 4.01. The summed E-state index contributed by atoms with van der Waals surface area (Å²) in [6, 6.07) is 3.33. The standard InChI is InChI=1S/C14H20Br2N2O2S/c1-14(2,3)9-4-5-18(8-9)21(19,20)13-11(16)6-10(15)7-12(13)17/h6-7,9H,4-5,8,17H2,1-3H3. The molecule has 1 atom stereocenters. The summed E-state index contributed by atoms with van der Waals surface area (Å²) in [5, 5.41) is 0. The van der Waals surface area contributed by atoms with Crippen molar-refractivity contribution in [1.82, 2.24) is 4.31 Å². The minimum Gasteiger partial charge on any atom is -0.398 e. The van der Waals surface area contributed by atoms with Gasteiger partial charge in [0.1, 0.15) is 4.90 Å². The van der Waals surface area contributed by atoms with Gasteiger partial charge in [0.05, 0.1) is 5.69 Å². The lowest BCUT2D eigenvalue weighted by Gasteiger charge is -2.27. The van der Waals surface area contributed by atoms with Crippen LogP contribution in [0.5, 0.6) is 0 Å². The van der Waals surface area contributed by atoms with Gasteiger partial charge in [-0.15, -0.1) is 0 Å². The predicted molar refractivity (Wildman–Crippen MR) is 92.6 cm³/mol. The molecular weight excluding hydrogens is 420 g/mol. The number of hydrogen-bond donors (Lipinski definition) is 1. The fraction of sp³-hybridized carbons (Fsp3) is 0.571. The van der Waals surface area contributed by atoms with Crippen molar-refractivity contribution in [3.63, 3.8) is 0 Å². The summed E-state index contributed by atoms with van der Waals surface area (Å²) in [4.78, 5) is 0.167. The van der Waals surface area contributed by atoms with Crippen LogP contribution in [-0.4, -0.2) is 25.8 Å². The van der Waals surface area contributed by atoms with Crippen molar-refractivity contribution in [2.45, 2.75) is 32.1 Å². The average molecular weight is 440 g/mol. The van der Waals surface area contributed by atoms with E-state index >= 15 is 0 Å². The number of nitrogens with two attached hydrogens (primary N) is 1. The van der Waals surface area contributed by atoms with Crippen LogP contribution in [0.1, 0.15) is 27.2 Å². The van der Waals surface area contributed by atoms with Crippen LogP contribution in [0.4, 0.5) is 5.69 Å². The Morgan fingerprint density at radius 3 is 2.38 bits per heavy atom. The Morgan fingerprint density at radius 1 is 1.29 bits per heavy atom. The van der Waals surface area contributed by atoms with Gasteiger partial charge in [-0.2, -0.15) is 4.31 Å². The zero-order valence-corrected chi connectivity index (χ0v) is 16.3. The predicted octanol–water partition coefficient (Wildman–Crippen LogP) is 3.85. The molecule has 1 saturated heterocycles. The number of anilines is 1. The van der Waals surface area contributed by atoms with Crippen molar-refractivity contribution in [2.24, 2.45) is 11.3 Å². The monoisotopic (exact) mass is 438 g/mol. The van der Waals surface area contributed by atoms with E-state index in [1.807, 2.05) is 0 Å². The second-order valence-corrected chi connectivity index (χ2v) is 10.2. The molecule has 1 fully saturated rings. The summed E-state index contributed by atoms with van der Waals surface area (Å²) < 4.78 is 28.5. The van der Waals surface area contributed by atoms with Crippen LogP contribution in [-0.2, 0) is 10.0 Å². The Hall–Kier alpha value is -0.110. The Labute approximate surface area is 143 Å². The van der Waals surface area contributed by atoms with Crippen LogP contribution in [0.3, 0.4) is 0 Å². The second-order valence-electron chi connectivity index (χ2n) is 6.52. The number of nitrogen functional groups attached to an aromatic ring is 1. The van der Waals surface area contributed by atoms with Crippen molar-refractivity contribution >= 4 is 47.6 Å². The van der Waals surface area contributed by atoms with E-state index in [1.54, 1.807) is 16.4 Å². The van der Waals surface area contributed by atoms with Gasteiger partial charge >= 0.3 is 0 Å². The number of sulfonamides is 1.